The highest BCUT2D eigenvalue weighted by Gasteiger charge is 2.38. The van der Waals surface area contributed by atoms with E-state index in [-0.39, 0.29) is 11.5 Å². The smallest absolute Gasteiger partial charge is 0.135 e. The molecule has 0 amide bonds. The standard InChI is InChI=1S/C49H37NO2/c1-49(2)40-13-6-3-11-36(40)48-41(49)14-9-15-42(48)50(34-25-27-45-39(29-34)35-10-4-7-16-43(35)51-45)33-23-20-30(21-24-33)32-19-18-31-22-26-46-47(38(31)28-32)37-12-5-8-17-44(37)52-46/h3-7,9-16,18-29,37,44H,8,17H2,1-2H3. The van der Waals surface area contributed by atoms with Gasteiger partial charge in [0.05, 0.1) is 5.69 Å². The van der Waals surface area contributed by atoms with Gasteiger partial charge in [0, 0.05) is 44.6 Å². The Morgan fingerprint density at radius 3 is 2.33 bits per heavy atom. The first-order chi connectivity index (χ1) is 25.5. The van der Waals surface area contributed by atoms with Gasteiger partial charge in [-0.2, -0.15) is 0 Å². The molecule has 8 aromatic rings. The van der Waals surface area contributed by atoms with Crippen LogP contribution in [0.2, 0.25) is 0 Å². The lowest BCUT2D eigenvalue weighted by atomic mass is 9.82. The quantitative estimate of drug-likeness (QED) is 0.174. The van der Waals surface area contributed by atoms with Crippen LogP contribution >= 0.6 is 0 Å². The molecule has 3 aliphatic rings. The monoisotopic (exact) mass is 671 g/mol. The fourth-order valence-corrected chi connectivity index (χ4v) is 9.34. The van der Waals surface area contributed by atoms with E-state index in [4.69, 9.17) is 9.15 Å². The number of ether oxygens (including phenoxy) is 1. The maximum Gasteiger partial charge on any atom is 0.135 e. The molecule has 0 spiro atoms. The van der Waals surface area contributed by atoms with Crippen molar-refractivity contribution >= 4 is 49.8 Å². The lowest BCUT2D eigenvalue weighted by Gasteiger charge is -2.29. The summed E-state index contributed by atoms with van der Waals surface area (Å²) >= 11 is 0. The predicted octanol–water partition coefficient (Wildman–Crippen LogP) is 13.4. The zero-order valence-electron chi connectivity index (χ0n) is 29.3. The van der Waals surface area contributed by atoms with Crippen molar-refractivity contribution in [3.63, 3.8) is 0 Å². The van der Waals surface area contributed by atoms with E-state index in [9.17, 15) is 0 Å². The zero-order chi connectivity index (χ0) is 34.6. The number of hydrogen-bond donors (Lipinski definition) is 0. The van der Waals surface area contributed by atoms with Gasteiger partial charge >= 0.3 is 0 Å². The van der Waals surface area contributed by atoms with Crippen molar-refractivity contribution < 1.29 is 9.15 Å². The summed E-state index contributed by atoms with van der Waals surface area (Å²) in [6.07, 6.45) is 7.09. The van der Waals surface area contributed by atoms with Crippen LogP contribution < -0.4 is 9.64 Å². The van der Waals surface area contributed by atoms with Gasteiger partial charge in [-0.3, -0.25) is 0 Å². The normalized spacial score (nSPS) is 17.9. The summed E-state index contributed by atoms with van der Waals surface area (Å²) in [5, 5.41) is 4.80. The molecule has 1 aliphatic heterocycles. The molecule has 0 fully saturated rings. The second kappa shape index (κ2) is 11.0. The molecule has 0 radical (unpaired) electrons. The summed E-state index contributed by atoms with van der Waals surface area (Å²) in [7, 11) is 0. The Bertz CT molecular complexity index is 2770. The van der Waals surface area contributed by atoms with E-state index in [2.05, 4.69) is 158 Å². The van der Waals surface area contributed by atoms with Gasteiger partial charge in [0.1, 0.15) is 23.0 Å². The number of hydrogen-bond acceptors (Lipinski definition) is 3. The fourth-order valence-electron chi connectivity index (χ4n) is 9.34. The molecule has 11 rings (SSSR count). The summed E-state index contributed by atoms with van der Waals surface area (Å²) in [5.74, 6) is 1.37. The van der Waals surface area contributed by atoms with E-state index in [1.165, 1.54) is 55.4 Å². The molecule has 250 valence electrons. The number of anilines is 3. The predicted molar refractivity (Wildman–Crippen MR) is 214 cm³/mol. The van der Waals surface area contributed by atoms with Crippen molar-refractivity contribution in [3.8, 4) is 28.0 Å². The number of benzene rings is 7. The van der Waals surface area contributed by atoms with Gasteiger partial charge in [0.15, 0.2) is 0 Å². The third-order valence-electron chi connectivity index (χ3n) is 11.9. The van der Waals surface area contributed by atoms with Gasteiger partial charge in [0.2, 0.25) is 0 Å². The van der Waals surface area contributed by atoms with E-state index in [0.717, 1.165) is 51.9 Å². The van der Waals surface area contributed by atoms with Crippen molar-refractivity contribution in [2.45, 2.75) is 44.1 Å². The maximum atomic E-state index is 6.44. The van der Waals surface area contributed by atoms with Crippen molar-refractivity contribution in [2.24, 2.45) is 0 Å². The first-order valence-corrected chi connectivity index (χ1v) is 18.5. The average molecular weight is 672 g/mol. The van der Waals surface area contributed by atoms with E-state index in [1.54, 1.807) is 0 Å². The molecule has 2 aliphatic carbocycles. The van der Waals surface area contributed by atoms with Gasteiger partial charge in [-0.15, -0.1) is 0 Å². The van der Waals surface area contributed by atoms with Crippen LogP contribution in [0.1, 0.15) is 49.3 Å². The van der Waals surface area contributed by atoms with Crippen molar-refractivity contribution in [1.82, 2.24) is 0 Å². The van der Waals surface area contributed by atoms with Crippen LogP contribution in [0.3, 0.4) is 0 Å². The summed E-state index contributed by atoms with van der Waals surface area (Å²) < 4.78 is 12.7. The highest BCUT2D eigenvalue weighted by molar-refractivity contribution is 6.07. The molecule has 2 atom stereocenters. The SMILES string of the molecule is CC1(C)c2ccccc2-c2c(N(c3ccc(-c4ccc5ccc6c(c5c4)C4C=CCCC4O6)cc3)c3ccc4oc5ccccc5c4c3)cccc21. The van der Waals surface area contributed by atoms with Crippen LogP contribution in [0.5, 0.6) is 5.75 Å². The summed E-state index contributed by atoms with van der Waals surface area (Å²) in [6.45, 7) is 4.69. The largest absolute Gasteiger partial charge is 0.489 e. The van der Waals surface area contributed by atoms with Crippen molar-refractivity contribution in [1.29, 1.82) is 0 Å². The third kappa shape index (κ3) is 4.26. The van der Waals surface area contributed by atoms with Gasteiger partial charge in [-0.25, -0.2) is 0 Å². The number of para-hydroxylation sites is 1. The Morgan fingerprint density at radius 1 is 0.635 bits per heavy atom. The molecule has 0 saturated heterocycles. The second-order valence-electron chi connectivity index (χ2n) is 15.1. The lowest BCUT2D eigenvalue weighted by molar-refractivity contribution is 0.204. The molecule has 0 saturated carbocycles. The third-order valence-corrected chi connectivity index (χ3v) is 11.9. The molecule has 3 heteroatoms. The molecular formula is C49H37NO2. The number of rotatable bonds is 4. The highest BCUT2D eigenvalue weighted by Crippen LogP contribution is 2.54. The molecule has 52 heavy (non-hydrogen) atoms. The lowest BCUT2D eigenvalue weighted by Crippen LogP contribution is -2.19. The number of nitrogens with zero attached hydrogens (tertiary/aromatic N) is 1. The Kier molecular flexibility index (Phi) is 6.25. The molecule has 0 N–H and O–H groups in total. The second-order valence-corrected chi connectivity index (χ2v) is 15.1. The van der Waals surface area contributed by atoms with E-state index in [0.29, 0.717) is 5.92 Å². The van der Waals surface area contributed by atoms with Crippen LogP contribution in [0.15, 0.2) is 156 Å². The van der Waals surface area contributed by atoms with Gasteiger partial charge in [-0.1, -0.05) is 111 Å². The zero-order valence-corrected chi connectivity index (χ0v) is 29.3. The topological polar surface area (TPSA) is 25.6 Å². The van der Waals surface area contributed by atoms with Gasteiger partial charge < -0.3 is 14.1 Å². The Hall–Kier alpha value is -6.06. The Labute approximate surface area is 303 Å². The maximum absolute atomic E-state index is 6.44. The first-order valence-electron chi connectivity index (χ1n) is 18.5. The minimum atomic E-state index is -0.100. The number of allylic oxidation sites excluding steroid dienone is 1. The van der Waals surface area contributed by atoms with E-state index < -0.39 is 0 Å². The van der Waals surface area contributed by atoms with Crippen LogP contribution in [-0.4, -0.2) is 6.10 Å². The number of furan rings is 1. The summed E-state index contributed by atoms with van der Waals surface area (Å²) in [4.78, 5) is 2.43. The van der Waals surface area contributed by atoms with Crippen LogP contribution in [0.25, 0.3) is 55.0 Å². The van der Waals surface area contributed by atoms with Crippen molar-refractivity contribution in [3.05, 3.63) is 168 Å². The average Bonchev–Trinajstić information content (AvgIpc) is 3.83. The first kappa shape index (κ1) is 29.6. The van der Waals surface area contributed by atoms with E-state index in [1.807, 2.05) is 12.1 Å². The molecule has 1 aromatic heterocycles. The van der Waals surface area contributed by atoms with Gasteiger partial charge in [-0.05, 0) is 106 Å². The summed E-state index contributed by atoms with van der Waals surface area (Å²) in [5.41, 5.74) is 14.1. The molecule has 0 bridgehead atoms. The molecular weight excluding hydrogens is 635 g/mol. The van der Waals surface area contributed by atoms with Crippen LogP contribution in [0.4, 0.5) is 17.1 Å². The van der Waals surface area contributed by atoms with E-state index >= 15 is 0 Å². The van der Waals surface area contributed by atoms with Crippen LogP contribution in [-0.2, 0) is 5.41 Å². The van der Waals surface area contributed by atoms with Crippen LogP contribution in [0, 0.1) is 0 Å². The minimum absolute atomic E-state index is 0.100. The molecule has 7 aromatic carbocycles. The highest BCUT2D eigenvalue weighted by atomic mass is 16.5. The fraction of sp³-hybridized carbons (Fsp3) is 0.143. The number of fused-ring (bicyclic) bond motifs is 11. The molecule has 2 heterocycles. The summed E-state index contributed by atoms with van der Waals surface area (Å²) in [6, 6.07) is 51.0. The molecule has 3 nitrogen and oxygen atoms in total. The Morgan fingerprint density at radius 2 is 1.40 bits per heavy atom. The minimum Gasteiger partial charge on any atom is -0.489 e. The van der Waals surface area contributed by atoms with Crippen molar-refractivity contribution in [2.75, 3.05) is 4.90 Å². The molecule has 2 unspecified atom stereocenters. The van der Waals surface area contributed by atoms with Gasteiger partial charge in [0.25, 0.3) is 0 Å². The Balaban J connectivity index is 1.07.